The molecule has 0 saturated heterocycles. The van der Waals surface area contributed by atoms with Gasteiger partial charge in [-0.05, 0) is 42.8 Å². The number of fused-ring (bicyclic) bond motifs is 1. The molecule has 140 valence electrons. The highest BCUT2D eigenvalue weighted by molar-refractivity contribution is 7.22. The third kappa shape index (κ3) is 3.45. The lowest BCUT2D eigenvalue weighted by atomic mass is 10.2. The smallest absolute Gasteiger partial charge is 0.334 e. The van der Waals surface area contributed by atoms with Crippen molar-refractivity contribution in [1.82, 2.24) is 15.0 Å². The Labute approximate surface area is 162 Å². The highest BCUT2D eigenvalue weighted by Gasteiger charge is 2.24. The highest BCUT2D eigenvalue weighted by Crippen LogP contribution is 2.35. The van der Waals surface area contributed by atoms with Crippen LogP contribution in [0.15, 0.2) is 48.8 Å². The monoisotopic (exact) mass is 396 g/mol. The van der Waals surface area contributed by atoms with Gasteiger partial charge >= 0.3 is 5.69 Å². The van der Waals surface area contributed by atoms with E-state index in [-0.39, 0.29) is 17.3 Å². The van der Waals surface area contributed by atoms with Gasteiger partial charge in [-0.1, -0.05) is 23.5 Å². The SMILES string of the molecule is Cc1cccc2sc(Nc3ncnc(Nc4ccc(F)cc4)c3[N+](=O)[O-])nc12. The summed E-state index contributed by atoms with van der Waals surface area (Å²) in [6.07, 6.45) is 1.21. The molecule has 2 N–H and O–H groups in total. The number of nitrogens with zero attached hydrogens (tertiary/aromatic N) is 4. The van der Waals surface area contributed by atoms with Crippen LogP contribution in [0.2, 0.25) is 0 Å². The van der Waals surface area contributed by atoms with Gasteiger partial charge in [0.25, 0.3) is 0 Å². The van der Waals surface area contributed by atoms with Crippen LogP contribution in [0.1, 0.15) is 5.56 Å². The summed E-state index contributed by atoms with van der Waals surface area (Å²) in [5, 5.41) is 17.9. The second-order valence-electron chi connectivity index (χ2n) is 5.87. The minimum atomic E-state index is -0.577. The van der Waals surface area contributed by atoms with Crippen molar-refractivity contribution in [2.45, 2.75) is 6.92 Å². The lowest BCUT2D eigenvalue weighted by Crippen LogP contribution is -2.05. The van der Waals surface area contributed by atoms with Gasteiger partial charge in [0.15, 0.2) is 5.13 Å². The van der Waals surface area contributed by atoms with Crippen molar-refractivity contribution >= 4 is 49.7 Å². The van der Waals surface area contributed by atoms with Crippen molar-refractivity contribution in [3.05, 3.63) is 70.3 Å². The van der Waals surface area contributed by atoms with Crippen molar-refractivity contribution in [2.24, 2.45) is 0 Å². The molecule has 0 atom stereocenters. The molecule has 2 aromatic carbocycles. The third-order valence-electron chi connectivity index (χ3n) is 3.96. The standard InChI is InChI=1S/C18H13FN6O2S/c1-10-3-2-4-13-14(10)23-18(28-13)24-17-15(25(26)27)16(20-9-21-17)22-12-7-5-11(19)6-8-12/h2-9H,1H3,(H2,20,21,22,23,24). The minimum Gasteiger partial charge on any atom is -0.334 e. The quantitative estimate of drug-likeness (QED) is 0.364. The number of thiazole rings is 1. The molecule has 0 saturated carbocycles. The van der Waals surface area contributed by atoms with E-state index in [0.29, 0.717) is 10.8 Å². The lowest BCUT2D eigenvalue weighted by Gasteiger charge is -2.08. The predicted octanol–water partition coefficient (Wildman–Crippen LogP) is 4.93. The summed E-state index contributed by atoms with van der Waals surface area (Å²) in [5.74, 6) is -0.399. The molecule has 0 spiro atoms. The molecule has 2 heterocycles. The Morgan fingerprint density at radius 1 is 1.07 bits per heavy atom. The Hall–Kier alpha value is -3.66. The van der Waals surface area contributed by atoms with Gasteiger partial charge in [-0.15, -0.1) is 0 Å². The van der Waals surface area contributed by atoms with Crippen molar-refractivity contribution in [2.75, 3.05) is 10.6 Å². The molecule has 0 radical (unpaired) electrons. The predicted molar refractivity (Wildman–Crippen MR) is 106 cm³/mol. The van der Waals surface area contributed by atoms with Gasteiger partial charge in [-0.3, -0.25) is 10.1 Å². The molecule has 0 fully saturated rings. The molecule has 10 heteroatoms. The Balaban J connectivity index is 1.71. The fourth-order valence-electron chi connectivity index (χ4n) is 2.65. The Morgan fingerprint density at radius 3 is 2.46 bits per heavy atom. The van der Waals surface area contributed by atoms with Crippen LogP contribution in [0.5, 0.6) is 0 Å². The third-order valence-corrected chi connectivity index (χ3v) is 4.89. The lowest BCUT2D eigenvalue weighted by molar-refractivity contribution is -0.383. The Morgan fingerprint density at radius 2 is 1.79 bits per heavy atom. The van der Waals surface area contributed by atoms with Gasteiger partial charge in [-0.2, -0.15) is 0 Å². The van der Waals surface area contributed by atoms with E-state index >= 15 is 0 Å². The van der Waals surface area contributed by atoms with Gasteiger partial charge < -0.3 is 10.6 Å². The maximum absolute atomic E-state index is 13.1. The number of halogens is 1. The van der Waals surface area contributed by atoms with Crippen molar-refractivity contribution < 1.29 is 9.31 Å². The first-order valence-electron chi connectivity index (χ1n) is 8.16. The maximum atomic E-state index is 13.1. The molecule has 0 aliphatic carbocycles. The first-order chi connectivity index (χ1) is 13.5. The average molecular weight is 396 g/mol. The molecular formula is C18H13FN6O2S. The zero-order valence-electron chi connectivity index (χ0n) is 14.5. The van der Waals surface area contributed by atoms with Crippen molar-refractivity contribution in [3.63, 3.8) is 0 Å². The van der Waals surface area contributed by atoms with Gasteiger partial charge in [0, 0.05) is 5.69 Å². The van der Waals surface area contributed by atoms with E-state index in [9.17, 15) is 14.5 Å². The van der Waals surface area contributed by atoms with E-state index in [0.717, 1.165) is 15.8 Å². The first kappa shape index (κ1) is 17.7. The van der Waals surface area contributed by atoms with E-state index < -0.39 is 10.7 Å². The molecule has 0 bridgehead atoms. The molecular weight excluding hydrogens is 383 g/mol. The summed E-state index contributed by atoms with van der Waals surface area (Å²) in [6.45, 7) is 1.95. The van der Waals surface area contributed by atoms with Crippen LogP contribution in [-0.2, 0) is 0 Å². The second-order valence-corrected chi connectivity index (χ2v) is 6.90. The number of aryl methyl sites for hydroxylation is 1. The highest BCUT2D eigenvalue weighted by atomic mass is 32.1. The number of benzene rings is 2. The molecule has 0 aliphatic heterocycles. The summed E-state index contributed by atoms with van der Waals surface area (Å²) in [6, 6.07) is 11.2. The van der Waals surface area contributed by atoms with Crippen LogP contribution in [0, 0.1) is 22.9 Å². The number of nitrogens with one attached hydrogen (secondary N) is 2. The maximum Gasteiger partial charge on any atom is 0.353 e. The Bertz CT molecular complexity index is 1180. The zero-order chi connectivity index (χ0) is 19.7. The average Bonchev–Trinajstić information content (AvgIpc) is 3.07. The number of hydrogen-bond acceptors (Lipinski definition) is 8. The molecule has 8 nitrogen and oxygen atoms in total. The topological polar surface area (TPSA) is 106 Å². The fourth-order valence-corrected chi connectivity index (χ4v) is 3.59. The summed E-state index contributed by atoms with van der Waals surface area (Å²) in [4.78, 5) is 23.6. The summed E-state index contributed by atoms with van der Waals surface area (Å²) < 4.78 is 14.0. The molecule has 28 heavy (non-hydrogen) atoms. The van der Waals surface area contributed by atoms with E-state index in [4.69, 9.17) is 0 Å². The van der Waals surface area contributed by atoms with Crippen molar-refractivity contribution in [3.8, 4) is 0 Å². The number of aromatic nitrogens is 3. The molecule has 0 unspecified atom stereocenters. The van der Waals surface area contributed by atoms with E-state index in [1.807, 2.05) is 25.1 Å². The minimum absolute atomic E-state index is 0.00796. The zero-order valence-corrected chi connectivity index (χ0v) is 15.3. The van der Waals surface area contributed by atoms with E-state index in [1.54, 1.807) is 0 Å². The van der Waals surface area contributed by atoms with Crippen molar-refractivity contribution in [1.29, 1.82) is 0 Å². The summed E-state index contributed by atoms with van der Waals surface area (Å²) >= 11 is 1.37. The van der Waals surface area contributed by atoms with Gasteiger partial charge in [-0.25, -0.2) is 19.3 Å². The summed E-state index contributed by atoms with van der Waals surface area (Å²) in [7, 11) is 0. The number of rotatable bonds is 5. The van der Waals surface area contributed by atoms with Crippen LogP contribution in [0.4, 0.5) is 32.5 Å². The second kappa shape index (κ2) is 7.16. The summed E-state index contributed by atoms with van der Waals surface area (Å²) in [5.41, 5.74) is 1.97. The van der Waals surface area contributed by atoms with Gasteiger partial charge in [0.1, 0.15) is 12.1 Å². The number of hydrogen-bond donors (Lipinski definition) is 2. The largest absolute Gasteiger partial charge is 0.353 e. The molecule has 2 aromatic heterocycles. The normalized spacial score (nSPS) is 10.8. The molecule has 0 aliphatic rings. The molecule has 0 amide bonds. The fraction of sp³-hybridized carbons (Fsp3) is 0.0556. The van der Waals surface area contributed by atoms with Crippen LogP contribution >= 0.6 is 11.3 Å². The van der Waals surface area contributed by atoms with E-state index in [2.05, 4.69) is 25.6 Å². The van der Waals surface area contributed by atoms with E-state index in [1.165, 1.54) is 41.9 Å². The van der Waals surface area contributed by atoms with Gasteiger partial charge in [0.05, 0.1) is 15.1 Å². The first-order valence-corrected chi connectivity index (χ1v) is 8.98. The molecule has 4 rings (SSSR count). The van der Waals surface area contributed by atoms with Crippen LogP contribution in [0.3, 0.4) is 0 Å². The number of nitro groups is 1. The number of anilines is 4. The molecule has 4 aromatic rings. The van der Waals surface area contributed by atoms with Crippen LogP contribution < -0.4 is 10.6 Å². The number of para-hydroxylation sites is 1. The van der Waals surface area contributed by atoms with Crippen LogP contribution in [0.25, 0.3) is 10.2 Å². The van der Waals surface area contributed by atoms with Gasteiger partial charge in [0.2, 0.25) is 11.6 Å². The Kier molecular flexibility index (Phi) is 4.53. The van der Waals surface area contributed by atoms with Crippen LogP contribution in [-0.4, -0.2) is 19.9 Å².